The summed E-state index contributed by atoms with van der Waals surface area (Å²) in [6.07, 6.45) is 3.78. The first-order valence-electron chi connectivity index (χ1n) is 6.14. The highest BCUT2D eigenvalue weighted by atomic mass is 32.2. The number of amides is 1. The van der Waals surface area contributed by atoms with Crippen molar-refractivity contribution in [3.63, 3.8) is 0 Å². The molecule has 0 fully saturated rings. The van der Waals surface area contributed by atoms with Crippen LogP contribution in [0.25, 0.3) is 0 Å². The molecule has 1 aromatic carbocycles. The van der Waals surface area contributed by atoms with E-state index in [9.17, 15) is 23.3 Å². The number of nitro groups is 1. The Bertz CT molecular complexity index is 853. The summed E-state index contributed by atoms with van der Waals surface area (Å²) in [7, 11) is -4.17. The van der Waals surface area contributed by atoms with Crippen LogP contribution < -0.4 is 10.3 Å². The predicted octanol–water partition coefficient (Wildman–Crippen LogP) is 0.317. The number of hydrogen-bond donors (Lipinski definition) is 2. The second-order valence-corrected chi connectivity index (χ2v) is 6.04. The van der Waals surface area contributed by atoms with Crippen LogP contribution in [-0.2, 0) is 10.0 Å². The van der Waals surface area contributed by atoms with E-state index in [0.29, 0.717) is 5.56 Å². The highest BCUT2D eigenvalue weighted by molar-refractivity contribution is 7.89. The third-order valence-electron chi connectivity index (χ3n) is 2.78. The highest BCUT2D eigenvalue weighted by Gasteiger charge is 2.20. The zero-order valence-electron chi connectivity index (χ0n) is 11.8. The maximum absolute atomic E-state index is 12.1. The van der Waals surface area contributed by atoms with Gasteiger partial charge in [0.05, 0.1) is 16.0 Å². The lowest BCUT2D eigenvalue weighted by Crippen LogP contribution is -2.41. The molecular formula is C12H11N5O5S. The molecule has 0 aliphatic carbocycles. The Labute approximate surface area is 130 Å². The van der Waals surface area contributed by atoms with Crippen molar-refractivity contribution < 1.29 is 18.1 Å². The molecule has 0 aliphatic heterocycles. The SMILES string of the molecule is Cc1ccc(S(=O)(=O)NNC(=O)c2cnccn2)cc1[N+](=O)[O-]. The molecule has 120 valence electrons. The Morgan fingerprint density at radius 3 is 2.65 bits per heavy atom. The average molecular weight is 337 g/mol. The van der Waals surface area contributed by atoms with Gasteiger partial charge in [0, 0.05) is 24.0 Å². The molecule has 10 nitrogen and oxygen atoms in total. The van der Waals surface area contributed by atoms with Crippen LogP contribution in [0.4, 0.5) is 5.69 Å². The molecule has 0 spiro atoms. The van der Waals surface area contributed by atoms with Crippen LogP contribution in [0.1, 0.15) is 16.1 Å². The first-order chi connectivity index (χ1) is 10.8. The van der Waals surface area contributed by atoms with Crippen molar-refractivity contribution in [2.24, 2.45) is 0 Å². The minimum Gasteiger partial charge on any atom is -0.272 e. The zero-order valence-corrected chi connectivity index (χ0v) is 12.6. The van der Waals surface area contributed by atoms with E-state index in [0.717, 1.165) is 12.3 Å². The zero-order chi connectivity index (χ0) is 17.0. The second-order valence-electron chi connectivity index (χ2n) is 4.36. The number of nitro benzene ring substituents is 1. The Balaban J connectivity index is 2.18. The number of benzene rings is 1. The summed E-state index contributed by atoms with van der Waals surface area (Å²) in [6.45, 7) is 1.48. The third kappa shape index (κ3) is 3.84. The van der Waals surface area contributed by atoms with E-state index in [1.165, 1.54) is 31.5 Å². The van der Waals surface area contributed by atoms with Crippen molar-refractivity contribution in [3.8, 4) is 0 Å². The van der Waals surface area contributed by atoms with Crippen molar-refractivity contribution in [2.75, 3.05) is 0 Å². The van der Waals surface area contributed by atoms with Crippen molar-refractivity contribution >= 4 is 21.6 Å². The highest BCUT2D eigenvalue weighted by Crippen LogP contribution is 2.21. The quantitative estimate of drug-likeness (QED) is 0.590. The number of hydrazine groups is 1. The van der Waals surface area contributed by atoms with Crippen LogP contribution >= 0.6 is 0 Å². The summed E-state index contributed by atoms with van der Waals surface area (Å²) >= 11 is 0. The lowest BCUT2D eigenvalue weighted by atomic mass is 10.2. The number of carbonyl (C=O) groups is 1. The Morgan fingerprint density at radius 2 is 2.04 bits per heavy atom. The van der Waals surface area contributed by atoms with Crippen LogP contribution in [-0.4, -0.2) is 29.2 Å². The van der Waals surface area contributed by atoms with Crippen LogP contribution in [0.5, 0.6) is 0 Å². The van der Waals surface area contributed by atoms with Gasteiger partial charge in [-0.1, -0.05) is 6.07 Å². The van der Waals surface area contributed by atoms with Gasteiger partial charge in [0.15, 0.2) is 0 Å². The number of aromatic nitrogens is 2. The standard InChI is InChI=1S/C12H11N5O5S/c1-8-2-3-9(6-11(8)17(19)20)23(21,22)16-15-12(18)10-7-13-4-5-14-10/h2-7,16H,1H3,(H,15,18). The summed E-state index contributed by atoms with van der Waals surface area (Å²) < 4.78 is 24.1. The van der Waals surface area contributed by atoms with Gasteiger partial charge in [0.2, 0.25) is 0 Å². The Kier molecular flexibility index (Phi) is 4.62. The van der Waals surface area contributed by atoms with Gasteiger partial charge in [-0.25, -0.2) is 13.4 Å². The Morgan fingerprint density at radius 1 is 1.30 bits per heavy atom. The van der Waals surface area contributed by atoms with E-state index in [1.807, 2.05) is 10.3 Å². The van der Waals surface area contributed by atoms with Crippen molar-refractivity contribution in [1.29, 1.82) is 0 Å². The molecule has 11 heteroatoms. The number of nitrogens with zero attached hydrogens (tertiary/aromatic N) is 3. The predicted molar refractivity (Wildman–Crippen MR) is 77.7 cm³/mol. The molecule has 23 heavy (non-hydrogen) atoms. The van der Waals surface area contributed by atoms with E-state index >= 15 is 0 Å². The first-order valence-corrected chi connectivity index (χ1v) is 7.63. The van der Waals surface area contributed by atoms with Gasteiger partial charge in [0.1, 0.15) is 5.69 Å². The second kappa shape index (κ2) is 6.46. The van der Waals surface area contributed by atoms with E-state index in [4.69, 9.17) is 0 Å². The molecule has 0 saturated carbocycles. The van der Waals surface area contributed by atoms with Crippen LogP contribution in [0.15, 0.2) is 41.7 Å². The maximum Gasteiger partial charge on any atom is 0.286 e. The van der Waals surface area contributed by atoms with Crippen molar-refractivity contribution in [1.82, 2.24) is 20.2 Å². The fourth-order valence-corrected chi connectivity index (χ4v) is 2.46. The van der Waals surface area contributed by atoms with Gasteiger partial charge in [-0.3, -0.25) is 25.3 Å². The summed E-state index contributed by atoms with van der Waals surface area (Å²) in [4.78, 5) is 30.7. The van der Waals surface area contributed by atoms with Gasteiger partial charge in [-0.2, -0.15) is 0 Å². The average Bonchev–Trinajstić information content (AvgIpc) is 2.53. The van der Waals surface area contributed by atoms with E-state index in [1.54, 1.807) is 0 Å². The topological polar surface area (TPSA) is 144 Å². The van der Waals surface area contributed by atoms with Gasteiger partial charge < -0.3 is 0 Å². The molecule has 0 atom stereocenters. The molecule has 2 aromatic rings. The van der Waals surface area contributed by atoms with Gasteiger partial charge >= 0.3 is 0 Å². The molecule has 0 unspecified atom stereocenters. The molecule has 1 aromatic heterocycles. The van der Waals surface area contributed by atoms with E-state index in [-0.39, 0.29) is 16.3 Å². The molecule has 0 bridgehead atoms. The van der Waals surface area contributed by atoms with Crippen LogP contribution in [0.2, 0.25) is 0 Å². The molecule has 2 rings (SSSR count). The fraction of sp³-hybridized carbons (Fsp3) is 0.0833. The van der Waals surface area contributed by atoms with Crippen LogP contribution in [0.3, 0.4) is 0 Å². The number of carbonyl (C=O) groups excluding carboxylic acids is 1. The van der Waals surface area contributed by atoms with Crippen molar-refractivity contribution in [3.05, 3.63) is 58.2 Å². The number of rotatable bonds is 5. The largest absolute Gasteiger partial charge is 0.286 e. The molecule has 1 amide bonds. The molecule has 1 heterocycles. The summed E-state index contributed by atoms with van der Waals surface area (Å²) in [5.41, 5.74) is 1.84. The van der Waals surface area contributed by atoms with Crippen molar-refractivity contribution in [2.45, 2.75) is 11.8 Å². The summed E-state index contributed by atoms with van der Waals surface area (Å²) in [5, 5.41) is 10.9. The monoisotopic (exact) mass is 337 g/mol. The first kappa shape index (κ1) is 16.5. The molecule has 0 radical (unpaired) electrons. The molecular weight excluding hydrogens is 326 g/mol. The Hall–Kier alpha value is -2.92. The third-order valence-corrected chi connectivity index (χ3v) is 4.03. The number of sulfonamides is 1. The minimum absolute atomic E-state index is 0.0925. The number of hydrogen-bond acceptors (Lipinski definition) is 7. The fourth-order valence-electron chi connectivity index (χ4n) is 1.61. The lowest BCUT2D eigenvalue weighted by Gasteiger charge is -2.08. The van der Waals surface area contributed by atoms with Gasteiger partial charge in [0.25, 0.3) is 21.6 Å². The number of aryl methyl sites for hydroxylation is 1. The van der Waals surface area contributed by atoms with Gasteiger partial charge in [-0.15, -0.1) is 4.83 Å². The lowest BCUT2D eigenvalue weighted by molar-refractivity contribution is -0.385. The minimum atomic E-state index is -4.17. The molecule has 0 aliphatic rings. The number of nitrogens with one attached hydrogen (secondary N) is 2. The molecule has 2 N–H and O–H groups in total. The van der Waals surface area contributed by atoms with E-state index < -0.39 is 20.9 Å². The molecule has 0 saturated heterocycles. The summed E-state index contributed by atoms with van der Waals surface area (Å²) in [5.74, 6) is -0.816. The van der Waals surface area contributed by atoms with Gasteiger partial charge in [-0.05, 0) is 13.0 Å². The smallest absolute Gasteiger partial charge is 0.272 e. The maximum atomic E-state index is 12.1. The van der Waals surface area contributed by atoms with E-state index in [2.05, 4.69) is 9.97 Å². The van der Waals surface area contributed by atoms with Crippen LogP contribution in [0, 0.1) is 17.0 Å². The summed E-state index contributed by atoms with van der Waals surface area (Å²) in [6, 6.07) is 3.41. The normalized spacial score (nSPS) is 11.0.